The first-order valence-electron chi connectivity index (χ1n) is 5.51. The number of carbonyl (C=O) groups is 1. The first-order valence-corrected chi connectivity index (χ1v) is 4.94. The molecular formula is C14H10O. The maximum absolute atomic E-state index is 12.2. The van der Waals surface area contributed by atoms with E-state index in [1.807, 2.05) is 36.4 Å². The van der Waals surface area contributed by atoms with Gasteiger partial charge in [-0.3, -0.25) is 4.79 Å². The molecule has 0 atom stereocenters. The highest BCUT2D eigenvalue weighted by Gasteiger charge is 2.21. The molecule has 15 heavy (non-hydrogen) atoms. The predicted octanol–water partition coefficient (Wildman–Crippen LogP) is 2.82. The number of hydrogen-bond donors (Lipinski definition) is 0. The van der Waals surface area contributed by atoms with Crippen LogP contribution in [-0.4, -0.2) is 5.78 Å². The number of hydrogen-bond acceptors (Lipinski definition) is 1. The van der Waals surface area contributed by atoms with Crippen molar-refractivity contribution in [2.24, 2.45) is 0 Å². The lowest BCUT2D eigenvalue weighted by Gasteiger charge is -2.17. The molecule has 0 spiro atoms. The second-order valence-corrected chi connectivity index (χ2v) is 3.65. The van der Waals surface area contributed by atoms with Gasteiger partial charge >= 0.3 is 0 Å². The molecule has 2 aromatic carbocycles. The molecule has 1 heteroatoms. The predicted molar refractivity (Wildman–Crippen MR) is 59.1 cm³/mol. The van der Waals surface area contributed by atoms with E-state index < -0.39 is 6.40 Å². The van der Waals surface area contributed by atoms with Gasteiger partial charge in [-0.05, 0) is 17.5 Å². The Morgan fingerprint density at radius 3 is 1.87 bits per heavy atom. The zero-order valence-electron chi connectivity index (χ0n) is 9.10. The fourth-order valence-electron chi connectivity index (χ4n) is 1.97. The molecule has 0 unspecified atom stereocenters. The number of rotatable bonds is 0. The van der Waals surface area contributed by atoms with Crippen LogP contribution in [0.5, 0.6) is 0 Å². The Hall–Kier alpha value is -1.89. The third kappa shape index (κ3) is 1.20. The molecule has 1 aliphatic carbocycles. The molecule has 1 nitrogen and oxygen atoms in total. The summed E-state index contributed by atoms with van der Waals surface area (Å²) in [7, 11) is 0. The van der Waals surface area contributed by atoms with E-state index in [0.29, 0.717) is 11.1 Å². The Labute approximate surface area is 89.8 Å². The third-order valence-electron chi connectivity index (χ3n) is 2.72. The molecule has 0 saturated heterocycles. The maximum Gasteiger partial charge on any atom is 0.193 e. The molecule has 0 radical (unpaired) electrons. The Morgan fingerprint density at radius 2 is 1.33 bits per heavy atom. The van der Waals surface area contributed by atoms with Crippen molar-refractivity contribution in [2.45, 2.75) is 6.40 Å². The quantitative estimate of drug-likeness (QED) is 0.631. The van der Waals surface area contributed by atoms with Crippen LogP contribution in [0, 0.1) is 0 Å². The van der Waals surface area contributed by atoms with E-state index in [9.17, 15) is 4.79 Å². The van der Waals surface area contributed by atoms with Gasteiger partial charge in [0.25, 0.3) is 0 Å². The lowest BCUT2D eigenvalue weighted by atomic mass is 9.85. The molecule has 0 saturated carbocycles. The number of fused-ring (bicyclic) bond motifs is 2. The van der Waals surface area contributed by atoms with Gasteiger partial charge in [-0.25, -0.2) is 0 Å². The summed E-state index contributed by atoms with van der Waals surface area (Å²) in [6.07, 6.45) is -0.440. The molecule has 0 heterocycles. The maximum atomic E-state index is 12.2. The van der Waals surface area contributed by atoms with Gasteiger partial charge in [0.15, 0.2) is 5.78 Å². The van der Waals surface area contributed by atoms with Gasteiger partial charge < -0.3 is 0 Å². The van der Waals surface area contributed by atoms with Gasteiger partial charge in [0.1, 0.15) is 0 Å². The highest BCUT2D eigenvalue weighted by Crippen LogP contribution is 2.26. The average molecular weight is 195 g/mol. The van der Waals surface area contributed by atoms with Crippen LogP contribution in [0.4, 0.5) is 0 Å². The Morgan fingerprint density at radius 1 is 0.867 bits per heavy atom. The first-order chi connectivity index (χ1) is 7.79. The SMILES string of the molecule is [2H]C1c2ccccc2C(=O)c2ccccc21. The zero-order valence-corrected chi connectivity index (χ0v) is 8.10. The van der Waals surface area contributed by atoms with Gasteiger partial charge in [-0.1, -0.05) is 48.5 Å². The summed E-state index contributed by atoms with van der Waals surface area (Å²) in [5, 5.41) is 0. The Bertz CT molecular complexity index is 525. The van der Waals surface area contributed by atoms with Crippen LogP contribution in [0.3, 0.4) is 0 Å². The fraction of sp³-hybridized carbons (Fsp3) is 0.0714. The summed E-state index contributed by atoms with van der Waals surface area (Å²) in [6.45, 7) is 0. The third-order valence-corrected chi connectivity index (χ3v) is 2.72. The minimum Gasteiger partial charge on any atom is -0.289 e. The molecule has 2 aromatic rings. The highest BCUT2D eigenvalue weighted by atomic mass is 16.1. The van der Waals surface area contributed by atoms with Crippen molar-refractivity contribution in [1.29, 1.82) is 0 Å². The zero-order chi connectivity index (χ0) is 11.1. The second-order valence-electron chi connectivity index (χ2n) is 3.65. The second kappa shape index (κ2) is 3.06. The van der Waals surface area contributed by atoms with Crippen LogP contribution in [0.1, 0.15) is 28.4 Å². The molecule has 72 valence electrons. The molecule has 0 amide bonds. The van der Waals surface area contributed by atoms with Crippen molar-refractivity contribution in [2.75, 3.05) is 0 Å². The van der Waals surface area contributed by atoms with Crippen molar-refractivity contribution in [1.82, 2.24) is 0 Å². The minimum absolute atomic E-state index is 0.0368. The van der Waals surface area contributed by atoms with Gasteiger partial charge in [-0.15, -0.1) is 0 Å². The molecule has 1 aliphatic rings. The van der Waals surface area contributed by atoms with Gasteiger partial charge in [-0.2, -0.15) is 0 Å². The molecule has 3 rings (SSSR count). The van der Waals surface area contributed by atoms with Crippen LogP contribution in [-0.2, 0) is 6.40 Å². The summed E-state index contributed by atoms with van der Waals surface area (Å²) in [6, 6.07) is 14.8. The van der Waals surface area contributed by atoms with Crippen LogP contribution < -0.4 is 0 Å². The minimum atomic E-state index is -0.440. The monoisotopic (exact) mass is 195 g/mol. The van der Waals surface area contributed by atoms with E-state index in [0.717, 1.165) is 11.1 Å². The normalized spacial score (nSPS) is 15.5. The van der Waals surface area contributed by atoms with Crippen LogP contribution in [0.15, 0.2) is 48.5 Å². The van der Waals surface area contributed by atoms with Gasteiger partial charge in [0.2, 0.25) is 0 Å². The van der Waals surface area contributed by atoms with Crippen molar-refractivity contribution in [3.05, 3.63) is 70.8 Å². The summed E-state index contributed by atoms with van der Waals surface area (Å²) in [5.41, 5.74) is 2.96. The largest absolute Gasteiger partial charge is 0.289 e. The van der Waals surface area contributed by atoms with E-state index in [2.05, 4.69) is 0 Å². The van der Waals surface area contributed by atoms with Crippen molar-refractivity contribution in [3.8, 4) is 0 Å². The number of carbonyl (C=O) groups excluding carboxylic acids is 1. The molecule has 0 N–H and O–H groups in total. The van der Waals surface area contributed by atoms with E-state index in [1.54, 1.807) is 12.1 Å². The number of ketones is 1. The molecular weight excluding hydrogens is 184 g/mol. The van der Waals surface area contributed by atoms with Crippen molar-refractivity contribution >= 4 is 5.78 Å². The summed E-state index contributed by atoms with van der Waals surface area (Å²) in [4.78, 5) is 12.2. The Balaban J connectivity index is 2.30. The summed E-state index contributed by atoms with van der Waals surface area (Å²) < 4.78 is 8.17. The van der Waals surface area contributed by atoms with Crippen molar-refractivity contribution < 1.29 is 6.17 Å². The first kappa shape index (κ1) is 7.41. The van der Waals surface area contributed by atoms with E-state index >= 15 is 0 Å². The van der Waals surface area contributed by atoms with E-state index in [4.69, 9.17) is 1.37 Å². The van der Waals surface area contributed by atoms with E-state index in [1.165, 1.54) is 0 Å². The van der Waals surface area contributed by atoms with Gasteiger partial charge in [0.05, 0.1) is 0 Å². The van der Waals surface area contributed by atoms with Crippen molar-refractivity contribution in [3.63, 3.8) is 0 Å². The standard InChI is InChI=1S/C14H10O/c15-14-12-7-3-1-5-10(12)9-11-6-2-4-8-13(11)14/h1-8H,9H2/i9D. The van der Waals surface area contributed by atoms with Gasteiger partial charge in [0, 0.05) is 12.5 Å². The topological polar surface area (TPSA) is 17.1 Å². The summed E-state index contributed by atoms with van der Waals surface area (Å²) in [5.74, 6) is 0.0368. The lowest BCUT2D eigenvalue weighted by molar-refractivity contribution is 0.103. The summed E-state index contributed by atoms with van der Waals surface area (Å²) >= 11 is 0. The highest BCUT2D eigenvalue weighted by molar-refractivity contribution is 6.12. The lowest BCUT2D eigenvalue weighted by Crippen LogP contribution is -2.14. The number of benzene rings is 2. The molecule has 0 fully saturated rings. The molecule has 0 bridgehead atoms. The van der Waals surface area contributed by atoms with Crippen LogP contribution >= 0.6 is 0 Å². The average Bonchev–Trinajstić information content (AvgIpc) is 2.36. The smallest absolute Gasteiger partial charge is 0.193 e. The Kier molecular flexibility index (Phi) is 1.51. The molecule has 0 aliphatic heterocycles. The molecule has 0 aromatic heterocycles. The van der Waals surface area contributed by atoms with E-state index in [-0.39, 0.29) is 5.78 Å². The van der Waals surface area contributed by atoms with Crippen LogP contribution in [0.2, 0.25) is 0 Å². The van der Waals surface area contributed by atoms with Crippen LogP contribution in [0.25, 0.3) is 0 Å². The fourth-order valence-corrected chi connectivity index (χ4v) is 1.97.